The highest BCUT2D eigenvalue weighted by Crippen LogP contribution is 2.39. The maximum atomic E-state index is 12.5. The third-order valence-corrected chi connectivity index (χ3v) is 4.72. The number of ether oxygens (including phenoxy) is 4. The van der Waals surface area contributed by atoms with Crippen LogP contribution in [0, 0.1) is 0 Å². The zero-order valence-corrected chi connectivity index (χ0v) is 19.2. The summed E-state index contributed by atoms with van der Waals surface area (Å²) in [5.41, 5.74) is 1.21. The number of carbonyl (C=O) groups is 1. The summed E-state index contributed by atoms with van der Waals surface area (Å²) in [6.45, 7) is 5.88. The lowest BCUT2D eigenvalue weighted by Gasteiger charge is -2.27. The Morgan fingerprint density at radius 1 is 1.00 bits per heavy atom. The molecule has 0 amide bonds. The van der Waals surface area contributed by atoms with E-state index in [4.69, 9.17) is 30.7 Å². The minimum Gasteiger partial charge on any atom is -0.493 e. The van der Waals surface area contributed by atoms with Crippen molar-refractivity contribution in [3.8, 4) is 17.2 Å². The average Bonchev–Trinajstić information content (AvgIpc) is 2.70. The second kappa shape index (κ2) is 10.5. The molecule has 0 spiro atoms. The van der Waals surface area contributed by atoms with Gasteiger partial charge in [0.2, 0.25) is 5.75 Å². The molecule has 0 radical (unpaired) electrons. The Morgan fingerprint density at radius 2 is 1.57 bits per heavy atom. The molecule has 164 valence electrons. The molecule has 0 heterocycles. The Morgan fingerprint density at radius 3 is 2.03 bits per heavy atom. The second-order valence-corrected chi connectivity index (χ2v) is 8.24. The van der Waals surface area contributed by atoms with Crippen molar-refractivity contribution in [3.05, 3.63) is 53.6 Å². The molecule has 0 unspecified atom stereocenters. The van der Waals surface area contributed by atoms with Crippen LogP contribution in [0.1, 0.15) is 44.4 Å². The highest BCUT2D eigenvalue weighted by atomic mass is 35.5. The van der Waals surface area contributed by atoms with Crippen LogP contribution < -0.4 is 14.2 Å². The van der Waals surface area contributed by atoms with Crippen LogP contribution in [0.4, 0.5) is 0 Å². The predicted molar refractivity (Wildman–Crippen MR) is 117 cm³/mol. The summed E-state index contributed by atoms with van der Waals surface area (Å²) >= 11 is 6.71. The third kappa shape index (κ3) is 6.54. The molecule has 6 nitrogen and oxygen atoms in total. The van der Waals surface area contributed by atoms with Gasteiger partial charge in [0.25, 0.3) is 0 Å². The summed E-state index contributed by atoms with van der Waals surface area (Å²) in [6, 6.07) is 13.0. The van der Waals surface area contributed by atoms with Crippen molar-refractivity contribution in [2.24, 2.45) is 0 Å². The molecule has 1 atom stereocenters. The standard InChI is InChI=1S/C23H30ClNO5/c1-23(2,3)30-21(26)14-18(17-10-8-7-9-11-17)25(24)15-16-12-19(27-4)22(29-6)20(13-16)28-5/h7-13,18H,14-15H2,1-6H3/t18-/m0/s1. The number of methoxy groups -OCH3 is 3. The lowest BCUT2D eigenvalue weighted by Crippen LogP contribution is -2.28. The minimum atomic E-state index is -0.563. The number of esters is 1. The zero-order valence-electron chi connectivity index (χ0n) is 18.4. The lowest BCUT2D eigenvalue weighted by atomic mass is 10.0. The molecule has 0 saturated heterocycles. The first-order chi connectivity index (χ1) is 14.2. The quantitative estimate of drug-likeness (QED) is 0.401. The molecule has 0 aliphatic carbocycles. The molecular formula is C23H30ClNO5. The Bertz CT molecular complexity index is 810. The van der Waals surface area contributed by atoms with Crippen molar-refractivity contribution in [2.45, 2.75) is 45.4 Å². The van der Waals surface area contributed by atoms with E-state index >= 15 is 0 Å². The van der Waals surface area contributed by atoms with Gasteiger partial charge in [-0.15, -0.1) is 0 Å². The van der Waals surface area contributed by atoms with Gasteiger partial charge in [0.1, 0.15) is 5.60 Å². The Kier molecular flexibility index (Phi) is 8.38. The van der Waals surface area contributed by atoms with Crippen LogP contribution in [0.25, 0.3) is 0 Å². The normalized spacial score (nSPS) is 12.4. The maximum Gasteiger partial charge on any atom is 0.308 e. The Hall–Kier alpha value is -2.44. The van der Waals surface area contributed by atoms with Gasteiger partial charge in [-0.25, -0.2) is 4.42 Å². The number of nitrogens with zero attached hydrogens (tertiary/aromatic N) is 1. The minimum absolute atomic E-state index is 0.120. The lowest BCUT2D eigenvalue weighted by molar-refractivity contribution is -0.156. The van der Waals surface area contributed by atoms with Crippen molar-refractivity contribution < 1.29 is 23.7 Å². The fraction of sp³-hybridized carbons (Fsp3) is 0.435. The summed E-state index contributed by atoms with van der Waals surface area (Å²) < 4.78 is 23.3. The number of hydrogen-bond donors (Lipinski definition) is 0. The van der Waals surface area contributed by atoms with E-state index in [-0.39, 0.29) is 18.4 Å². The summed E-state index contributed by atoms with van der Waals surface area (Å²) in [5, 5.41) is 0. The summed E-state index contributed by atoms with van der Waals surface area (Å²) in [6.07, 6.45) is 0.120. The van der Waals surface area contributed by atoms with Gasteiger partial charge in [0, 0.05) is 6.54 Å². The van der Waals surface area contributed by atoms with E-state index in [0.29, 0.717) is 23.8 Å². The molecule has 0 aliphatic rings. The van der Waals surface area contributed by atoms with Gasteiger partial charge in [0.15, 0.2) is 11.5 Å². The van der Waals surface area contributed by atoms with Crippen LogP contribution in [0.3, 0.4) is 0 Å². The van der Waals surface area contributed by atoms with Gasteiger partial charge < -0.3 is 18.9 Å². The summed E-state index contributed by atoms with van der Waals surface area (Å²) in [5.74, 6) is 1.28. The van der Waals surface area contributed by atoms with Crippen LogP contribution in [-0.4, -0.2) is 37.3 Å². The van der Waals surface area contributed by atoms with E-state index in [2.05, 4.69) is 0 Å². The number of halogens is 1. The van der Waals surface area contributed by atoms with Crippen LogP contribution in [0.15, 0.2) is 42.5 Å². The van der Waals surface area contributed by atoms with Crippen molar-refractivity contribution in [3.63, 3.8) is 0 Å². The fourth-order valence-electron chi connectivity index (χ4n) is 3.11. The Labute approximate surface area is 183 Å². The van der Waals surface area contributed by atoms with Crippen LogP contribution in [-0.2, 0) is 16.1 Å². The number of benzene rings is 2. The molecule has 0 N–H and O–H groups in total. The van der Waals surface area contributed by atoms with Gasteiger partial charge >= 0.3 is 5.97 Å². The zero-order chi connectivity index (χ0) is 22.3. The molecule has 30 heavy (non-hydrogen) atoms. The van der Waals surface area contributed by atoms with E-state index in [0.717, 1.165) is 11.1 Å². The van der Waals surface area contributed by atoms with Gasteiger partial charge in [-0.05, 0) is 55.8 Å². The van der Waals surface area contributed by atoms with Gasteiger partial charge in [0.05, 0.1) is 33.8 Å². The molecule has 0 saturated carbocycles. The molecular weight excluding hydrogens is 406 g/mol. The van der Waals surface area contributed by atoms with Gasteiger partial charge in [-0.3, -0.25) is 4.79 Å². The molecule has 0 aliphatic heterocycles. The monoisotopic (exact) mass is 435 g/mol. The van der Waals surface area contributed by atoms with Crippen molar-refractivity contribution >= 4 is 17.7 Å². The van der Waals surface area contributed by atoms with Crippen LogP contribution in [0.5, 0.6) is 17.2 Å². The fourth-order valence-corrected chi connectivity index (χ4v) is 3.43. The molecule has 0 bridgehead atoms. The molecule has 2 aromatic rings. The van der Waals surface area contributed by atoms with Crippen LogP contribution >= 0.6 is 11.8 Å². The third-order valence-electron chi connectivity index (χ3n) is 4.36. The summed E-state index contributed by atoms with van der Waals surface area (Å²) in [7, 11) is 4.68. The van der Waals surface area contributed by atoms with Gasteiger partial charge in [-0.2, -0.15) is 0 Å². The second-order valence-electron chi connectivity index (χ2n) is 7.81. The SMILES string of the molecule is COc1cc(CN(Cl)[C@@H](CC(=O)OC(C)(C)C)c2ccccc2)cc(OC)c1OC. The maximum absolute atomic E-state index is 12.5. The smallest absolute Gasteiger partial charge is 0.308 e. The Balaban J connectivity index is 2.30. The van der Waals surface area contributed by atoms with E-state index < -0.39 is 5.60 Å². The highest BCUT2D eigenvalue weighted by Gasteiger charge is 2.26. The van der Waals surface area contributed by atoms with Crippen molar-refractivity contribution in [1.29, 1.82) is 0 Å². The van der Waals surface area contributed by atoms with Crippen molar-refractivity contribution in [1.82, 2.24) is 4.42 Å². The number of carbonyl (C=O) groups excluding carboxylic acids is 1. The van der Waals surface area contributed by atoms with Crippen LogP contribution in [0.2, 0.25) is 0 Å². The first-order valence-corrected chi connectivity index (χ1v) is 10.0. The predicted octanol–water partition coefficient (Wildman–Crippen LogP) is 5.14. The van der Waals surface area contributed by atoms with E-state index in [1.165, 1.54) is 0 Å². The molecule has 0 fully saturated rings. The topological polar surface area (TPSA) is 57.2 Å². The van der Waals surface area contributed by atoms with Crippen molar-refractivity contribution in [2.75, 3.05) is 21.3 Å². The first-order valence-electron chi connectivity index (χ1n) is 9.66. The molecule has 7 heteroatoms. The van der Waals surface area contributed by atoms with E-state index in [1.807, 2.05) is 63.2 Å². The van der Waals surface area contributed by atoms with E-state index in [1.54, 1.807) is 25.7 Å². The van der Waals surface area contributed by atoms with Gasteiger partial charge in [-0.1, -0.05) is 30.3 Å². The number of hydrogen-bond acceptors (Lipinski definition) is 6. The number of rotatable bonds is 9. The molecule has 2 rings (SSSR count). The summed E-state index contributed by atoms with van der Waals surface area (Å²) in [4.78, 5) is 12.5. The largest absolute Gasteiger partial charge is 0.493 e. The highest BCUT2D eigenvalue weighted by molar-refractivity contribution is 6.13. The van der Waals surface area contributed by atoms with E-state index in [9.17, 15) is 4.79 Å². The first kappa shape index (κ1) is 23.8. The average molecular weight is 436 g/mol. The molecule has 2 aromatic carbocycles. The molecule has 0 aromatic heterocycles.